The average Bonchev–Trinajstić information content (AvgIpc) is 2.90. The van der Waals surface area contributed by atoms with Crippen molar-refractivity contribution in [1.82, 2.24) is 9.71 Å². The molecule has 202 valence electrons. The van der Waals surface area contributed by atoms with Crippen molar-refractivity contribution in [3.63, 3.8) is 0 Å². The van der Waals surface area contributed by atoms with E-state index in [1.165, 1.54) is 31.0 Å². The lowest BCUT2D eigenvalue weighted by molar-refractivity contribution is -0.140. The van der Waals surface area contributed by atoms with E-state index in [1.807, 2.05) is 31.2 Å². The van der Waals surface area contributed by atoms with Crippen LogP contribution >= 0.6 is 0 Å². The highest BCUT2D eigenvalue weighted by Crippen LogP contribution is 2.14. The van der Waals surface area contributed by atoms with Crippen LogP contribution in [0.3, 0.4) is 0 Å². The number of anilines is 2. The van der Waals surface area contributed by atoms with E-state index < -0.39 is 15.6 Å². The summed E-state index contributed by atoms with van der Waals surface area (Å²) in [7, 11) is -1.51. The molecular formula is C29H30N4O5S. The van der Waals surface area contributed by atoms with Gasteiger partial charge in [0.25, 0.3) is 11.8 Å². The molecule has 0 aliphatic heterocycles. The van der Waals surface area contributed by atoms with Gasteiger partial charge in [-0.2, -0.15) is 0 Å². The third kappa shape index (κ3) is 9.02. The summed E-state index contributed by atoms with van der Waals surface area (Å²) in [6.45, 7) is 1.94. The fourth-order valence-electron chi connectivity index (χ4n) is 3.44. The number of hydrogen-bond acceptors (Lipinski definition) is 7. The first kappa shape index (κ1) is 28.9. The number of nitrogen functional groups attached to an aromatic ring is 1. The maximum atomic E-state index is 12.8. The van der Waals surface area contributed by atoms with E-state index in [4.69, 9.17) is 5.73 Å². The van der Waals surface area contributed by atoms with Crippen LogP contribution in [0.2, 0.25) is 0 Å². The Morgan fingerprint density at radius 3 is 2.56 bits per heavy atom. The monoisotopic (exact) mass is 546 g/mol. The summed E-state index contributed by atoms with van der Waals surface area (Å²) in [6, 6.07) is 15.8. The molecule has 3 rings (SSSR count). The fourth-order valence-corrected chi connectivity index (χ4v) is 4.63. The Labute approximate surface area is 228 Å². The number of nitrogens with zero attached hydrogens (tertiary/aromatic N) is 1. The summed E-state index contributed by atoms with van der Waals surface area (Å²) < 4.78 is 19.8. The van der Waals surface area contributed by atoms with Crippen LogP contribution in [0.25, 0.3) is 0 Å². The van der Waals surface area contributed by atoms with E-state index in [0.717, 1.165) is 5.56 Å². The second-order valence-corrected chi connectivity index (χ2v) is 11.1. The molecule has 1 unspecified atom stereocenters. The highest BCUT2D eigenvalue weighted by molar-refractivity contribution is 7.99. The average molecular weight is 547 g/mol. The number of amides is 2. The van der Waals surface area contributed by atoms with Gasteiger partial charge in [-0.05, 0) is 67.1 Å². The Kier molecular flexibility index (Phi) is 9.84. The quantitative estimate of drug-likeness (QED) is 0.170. The summed E-state index contributed by atoms with van der Waals surface area (Å²) in [5.41, 5.74) is 9.14. The molecule has 10 heteroatoms. The van der Waals surface area contributed by atoms with Crippen LogP contribution < -0.4 is 15.8 Å². The third-order valence-corrected chi connectivity index (χ3v) is 6.93. The Morgan fingerprint density at radius 2 is 1.82 bits per heavy atom. The number of ether oxygens (including phenoxy) is 1. The SMILES string of the molecule is COC(=O)CCCC=S(C)(=O)NC(=O)c1cnc(N)c(C#Cc2cccc(C(=O)Nc3cccc(C)c3)c2)c1. The third-order valence-electron chi connectivity index (χ3n) is 5.47. The summed E-state index contributed by atoms with van der Waals surface area (Å²) >= 11 is 0. The number of methoxy groups -OCH3 is 1. The number of unbranched alkanes of at least 4 members (excludes halogenated alkanes) is 1. The van der Waals surface area contributed by atoms with E-state index >= 15 is 0 Å². The normalized spacial score (nSPS) is 11.8. The van der Waals surface area contributed by atoms with Gasteiger partial charge in [0.1, 0.15) is 5.82 Å². The minimum atomic E-state index is -2.81. The second kappa shape index (κ2) is 13.3. The minimum absolute atomic E-state index is 0.124. The van der Waals surface area contributed by atoms with Crippen LogP contribution in [-0.2, 0) is 19.2 Å². The van der Waals surface area contributed by atoms with Gasteiger partial charge in [0.15, 0.2) is 0 Å². The molecule has 0 aliphatic carbocycles. The maximum absolute atomic E-state index is 12.8. The van der Waals surface area contributed by atoms with Crippen molar-refractivity contribution in [2.75, 3.05) is 24.4 Å². The Morgan fingerprint density at radius 1 is 1.05 bits per heavy atom. The number of pyridine rings is 1. The van der Waals surface area contributed by atoms with Gasteiger partial charge in [0, 0.05) is 45.4 Å². The number of aromatic nitrogens is 1. The molecule has 0 fully saturated rings. The fraction of sp³-hybridized carbons (Fsp3) is 0.207. The van der Waals surface area contributed by atoms with Crippen molar-refractivity contribution in [2.45, 2.75) is 26.2 Å². The van der Waals surface area contributed by atoms with Crippen molar-refractivity contribution in [3.05, 3.63) is 88.6 Å². The number of benzene rings is 2. The van der Waals surface area contributed by atoms with Gasteiger partial charge in [-0.3, -0.25) is 19.1 Å². The van der Waals surface area contributed by atoms with Crippen LogP contribution in [-0.4, -0.2) is 45.7 Å². The van der Waals surface area contributed by atoms with E-state index in [2.05, 4.69) is 31.6 Å². The summed E-state index contributed by atoms with van der Waals surface area (Å²) in [5.74, 6) is 4.75. The predicted molar refractivity (Wildman–Crippen MR) is 154 cm³/mol. The van der Waals surface area contributed by atoms with Gasteiger partial charge in [-0.25, -0.2) is 9.19 Å². The molecule has 0 spiro atoms. The summed E-state index contributed by atoms with van der Waals surface area (Å²) in [6.07, 6.45) is 3.69. The molecule has 1 aromatic heterocycles. The first-order valence-electron chi connectivity index (χ1n) is 12.0. The lowest BCUT2D eigenvalue weighted by Crippen LogP contribution is -2.31. The van der Waals surface area contributed by atoms with E-state index in [1.54, 1.807) is 24.3 Å². The lowest BCUT2D eigenvalue weighted by atomic mass is 10.1. The molecule has 0 saturated heterocycles. The number of carbonyl (C=O) groups is 3. The van der Waals surface area contributed by atoms with Crippen molar-refractivity contribution >= 4 is 44.4 Å². The van der Waals surface area contributed by atoms with E-state index in [-0.39, 0.29) is 29.7 Å². The molecule has 0 aliphatic rings. The van der Waals surface area contributed by atoms with Crippen LogP contribution in [0.4, 0.5) is 11.5 Å². The van der Waals surface area contributed by atoms with Gasteiger partial charge in [0.05, 0.1) is 18.2 Å². The number of hydrogen-bond donors (Lipinski definition) is 3. The number of rotatable bonds is 8. The van der Waals surface area contributed by atoms with Gasteiger partial charge in [0.2, 0.25) is 0 Å². The zero-order valence-corrected chi connectivity index (χ0v) is 22.8. The molecule has 1 atom stereocenters. The smallest absolute Gasteiger partial charge is 0.305 e. The van der Waals surface area contributed by atoms with Gasteiger partial charge in [-0.15, -0.1) is 0 Å². The molecule has 4 N–H and O–H groups in total. The highest BCUT2D eigenvalue weighted by atomic mass is 32.2. The first-order valence-corrected chi connectivity index (χ1v) is 14.1. The topological polar surface area (TPSA) is 140 Å². The maximum Gasteiger partial charge on any atom is 0.305 e. The molecule has 0 bridgehead atoms. The summed E-state index contributed by atoms with van der Waals surface area (Å²) in [4.78, 5) is 40.6. The van der Waals surface area contributed by atoms with Crippen LogP contribution in [0.1, 0.15) is 56.7 Å². The number of carbonyl (C=O) groups excluding carboxylic acids is 3. The molecule has 2 amide bonds. The molecule has 9 nitrogen and oxygen atoms in total. The largest absolute Gasteiger partial charge is 0.469 e. The van der Waals surface area contributed by atoms with E-state index in [0.29, 0.717) is 35.2 Å². The van der Waals surface area contributed by atoms with E-state index in [9.17, 15) is 18.6 Å². The summed E-state index contributed by atoms with van der Waals surface area (Å²) in [5, 5.41) is 4.34. The second-order valence-electron chi connectivity index (χ2n) is 8.78. The van der Waals surface area contributed by atoms with Crippen molar-refractivity contribution in [3.8, 4) is 11.8 Å². The molecule has 1 heterocycles. The van der Waals surface area contributed by atoms with Gasteiger partial charge < -0.3 is 15.8 Å². The molecule has 39 heavy (non-hydrogen) atoms. The lowest BCUT2D eigenvalue weighted by Gasteiger charge is -2.09. The number of esters is 1. The standard InChI is InChI=1S/C29H30N4O5S/c1-20-8-6-11-25(16-20)32-28(35)23-10-7-9-21(17-23)13-14-22-18-24(19-31-27(22)30)29(36)33-39(3,37)15-5-4-12-26(34)38-2/h6-11,15-19H,4-5,12H2,1-3H3,(H2,30,31)(H,32,35)(H,33,36,37). The zero-order valence-electron chi connectivity index (χ0n) is 21.9. The van der Waals surface area contributed by atoms with Crippen molar-refractivity contribution < 1.29 is 23.3 Å². The predicted octanol–water partition coefficient (Wildman–Crippen LogP) is 3.33. The number of aryl methyl sites for hydroxylation is 1. The molecular weight excluding hydrogens is 516 g/mol. The zero-order chi connectivity index (χ0) is 28.4. The highest BCUT2D eigenvalue weighted by Gasteiger charge is 2.12. The van der Waals surface area contributed by atoms with Crippen LogP contribution in [0, 0.1) is 18.8 Å². The number of nitrogens with two attached hydrogens (primary N) is 1. The molecule has 0 radical (unpaired) electrons. The number of nitrogens with one attached hydrogen (secondary N) is 2. The van der Waals surface area contributed by atoms with Crippen LogP contribution in [0.5, 0.6) is 0 Å². The molecule has 0 saturated carbocycles. The van der Waals surface area contributed by atoms with Crippen LogP contribution in [0.15, 0.2) is 60.8 Å². The first-order chi connectivity index (χ1) is 18.6. The Hall–Kier alpha value is -4.62. The molecule has 2 aromatic carbocycles. The van der Waals surface area contributed by atoms with Gasteiger partial charge in [-0.1, -0.05) is 30.0 Å². The Balaban J connectivity index is 1.72. The van der Waals surface area contributed by atoms with Gasteiger partial charge >= 0.3 is 5.97 Å². The Bertz CT molecular complexity index is 1580. The van der Waals surface area contributed by atoms with Crippen molar-refractivity contribution in [2.24, 2.45) is 0 Å². The van der Waals surface area contributed by atoms with Crippen molar-refractivity contribution in [1.29, 1.82) is 0 Å². The molecule has 3 aromatic rings. The minimum Gasteiger partial charge on any atom is -0.469 e.